The Labute approximate surface area is 343 Å². The van der Waals surface area contributed by atoms with Crippen molar-refractivity contribution in [3.63, 3.8) is 0 Å². The summed E-state index contributed by atoms with van der Waals surface area (Å²) in [4.78, 5) is 36.8. The van der Waals surface area contributed by atoms with E-state index in [2.05, 4.69) is 74.6 Å². The lowest BCUT2D eigenvalue weighted by Crippen LogP contribution is -2.55. The van der Waals surface area contributed by atoms with Gasteiger partial charge < -0.3 is 28.6 Å². The summed E-state index contributed by atoms with van der Waals surface area (Å²) in [7, 11) is 5.39. The maximum atomic E-state index is 12.7. The molecule has 0 aromatic carbocycles. The number of allylic oxidation sites excluding steroid dienone is 10. The van der Waals surface area contributed by atoms with Crippen LogP contribution in [0.15, 0.2) is 60.8 Å². The van der Waals surface area contributed by atoms with Gasteiger partial charge in [-0.2, -0.15) is 0 Å². The molecule has 0 aliphatic carbocycles. The Balaban J connectivity index is 4.34. The Bertz CT molecular complexity index is 1100. The quantitative estimate of drug-likeness (QED) is 0.0265. The third-order valence-electron chi connectivity index (χ3n) is 9.64. The van der Waals surface area contributed by atoms with Gasteiger partial charge in [-0.05, 0) is 77.0 Å². The van der Waals surface area contributed by atoms with E-state index in [1.807, 2.05) is 0 Å². The van der Waals surface area contributed by atoms with Gasteiger partial charge in [-0.1, -0.05) is 139 Å². The predicted octanol–water partition coefficient (Wildman–Crippen LogP) is 10.9. The van der Waals surface area contributed by atoms with Crippen LogP contribution in [0.3, 0.4) is 0 Å². The van der Waals surface area contributed by atoms with Crippen LogP contribution in [0.2, 0.25) is 0 Å². The van der Waals surface area contributed by atoms with E-state index in [-0.39, 0.29) is 49.1 Å². The molecule has 8 nitrogen and oxygen atoms in total. The minimum atomic E-state index is -1.13. The lowest BCUT2D eigenvalue weighted by molar-refractivity contribution is -0.889. The zero-order chi connectivity index (χ0) is 41.4. The van der Waals surface area contributed by atoms with E-state index in [4.69, 9.17) is 14.2 Å². The van der Waals surface area contributed by atoms with E-state index in [0.717, 1.165) is 70.6 Å². The van der Waals surface area contributed by atoms with Crippen molar-refractivity contribution in [3.8, 4) is 0 Å². The highest BCUT2D eigenvalue weighted by Crippen LogP contribution is 2.13. The number of carboxylic acids is 1. The van der Waals surface area contributed by atoms with E-state index in [1.54, 1.807) is 21.1 Å². The summed E-state index contributed by atoms with van der Waals surface area (Å²) in [6.45, 7) is 4.48. The van der Waals surface area contributed by atoms with Gasteiger partial charge >= 0.3 is 11.9 Å². The summed E-state index contributed by atoms with van der Waals surface area (Å²) in [6, 6.07) is -0.733. The molecule has 0 amide bonds. The van der Waals surface area contributed by atoms with Gasteiger partial charge in [0.2, 0.25) is 0 Å². The fraction of sp³-hybridized carbons (Fsp3) is 0.729. The van der Waals surface area contributed by atoms with Gasteiger partial charge in [-0.3, -0.25) is 9.59 Å². The first kappa shape index (κ1) is 53.0. The van der Waals surface area contributed by atoms with E-state index in [0.29, 0.717) is 6.42 Å². The van der Waals surface area contributed by atoms with Crippen LogP contribution in [0.5, 0.6) is 0 Å². The topological polar surface area (TPSA) is 102 Å². The molecule has 0 aliphatic heterocycles. The molecule has 8 heteroatoms. The molecule has 322 valence electrons. The minimum absolute atomic E-state index is 0.0254. The zero-order valence-electron chi connectivity index (χ0n) is 36.5. The Hall–Kier alpha value is -2.97. The fourth-order valence-corrected chi connectivity index (χ4v) is 6.17. The van der Waals surface area contributed by atoms with Crippen molar-refractivity contribution in [1.82, 2.24) is 0 Å². The largest absolute Gasteiger partial charge is 0.544 e. The lowest BCUT2D eigenvalue weighted by Gasteiger charge is -2.34. The molecule has 0 rings (SSSR count). The molecule has 2 unspecified atom stereocenters. The van der Waals surface area contributed by atoms with Crippen LogP contribution in [0, 0.1) is 0 Å². The number of hydrogen-bond acceptors (Lipinski definition) is 7. The van der Waals surface area contributed by atoms with Gasteiger partial charge in [0.25, 0.3) is 0 Å². The Morgan fingerprint density at radius 2 is 1.00 bits per heavy atom. The van der Waals surface area contributed by atoms with Crippen LogP contribution in [-0.4, -0.2) is 75.5 Å². The van der Waals surface area contributed by atoms with Crippen LogP contribution in [0.25, 0.3) is 0 Å². The highest BCUT2D eigenvalue weighted by Gasteiger charge is 2.25. The highest BCUT2D eigenvalue weighted by atomic mass is 16.6. The summed E-state index contributed by atoms with van der Waals surface area (Å²) in [5, 5.41) is 11.6. The summed E-state index contributed by atoms with van der Waals surface area (Å²) in [5.41, 5.74) is 0. The average molecular weight is 786 g/mol. The molecule has 0 fully saturated rings. The standard InChI is InChI=1S/C48H83NO7/c1-6-8-10-12-14-16-18-20-21-22-23-24-25-27-28-30-32-34-36-38-46(50)55-43-44(42-54-41-40-45(48(52)53)49(3,4)5)56-47(51)39-37-35-33-31-29-26-19-17-15-13-11-9-7-2/h9,11,14-17,20-21,26,29,44-45H,6-8,10,12-13,18-19,22-25,27-28,30-43H2,1-5H3/b11-9-,16-14-,17-15-,21-20-,29-26-. The van der Waals surface area contributed by atoms with Crippen LogP contribution in [0.4, 0.5) is 0 Å². The maximum Gasteiger partial charge on any atom is 0.306 e. The average Bonchev–Trinajstić information content (AvgIpc) is 3.15. The molecule has 0 saturated heterocycles. The first-order valence-electron chi connectivity index (χ1n) is 22.3. The van der Waals surface area contributed by atoms with Crippen molar-refractivity contribution >= 4 is 17.9 Å². The second-order valence-electron chi connectivity index (χ2n) is 15.9. The molecule has 0 radical (unpaired) electrons. The molecule has 0 aromatic rings. The second-order valence-corrected chi connectivity index (χ2v) is 15.9. The SMILES string of the molecule is CC/C=C\C/C=C\C/C=C\CCCCCC(=O)OC(COCCC(C(=O)[O-])[N+](C)(C)C)COC(=O)CCCCCCCCCCC/C=C\C/C=C\CCCCC. The van der Waals surface area contributed by atoms with E-state index < -0.39 is 18.1 Å². The maximum absolute atomic E-state index is 12.7. The van der Waals surface area contributed by atoms with Crippen LogP contribution in [0.1, 0.15) is 174 Å². The number of ether oxygens (including phenoxy) is 3. The molecular formula is C48H83NO7. The third kappa shape index (κ3) is 36.7. The minimum Gasteiger partial charge on any atom is -0.544 e. The van der Waals surface area contributed by atoms with Gasteiger partial charge in [0.1, 0.15) is 12.6 Å². The summed E-state index contributed by atoms with van der Waals surface area (Å²) >= 11 is 0. The van der Waals surface area contributed by atoms with Crippen LogP contribution in [-0.2, 0) is 28.6 Å². The van der Waals surface area contributed by atoms with Crippen LogP contribution < -0.4 is 5.11 Å². The Morgan fingerprint density at radius 3 is 1.50 bits per heavy atom. The Morgan fingerprint density at radius 1 is 0.554 bits per heavy atom. The summed E-state index contributed by atoms with van der Waals surface area (Å²) < 4.78 is 17.1. The first-order valence-corrected chi connectivity index (χ1v) is 22.3. The van der Waals surface area contributed by atoms with Crippen molar-refractivity contribution in [3.05, 3.63) is 60.8 Å². The molecule has 0 aliphatic rings. The molecule has 0 heterocycles. The van der Waals surface area contributed by atoms with E-state index in [1.165, 1.54) is 70.6 Å². The van der Waals surface area contributed by atoms with Gasteiger partial charge in [0.15, 0.2) is 6.10 Å². The molecule has 0 spiro atoms. The zero-order valence-corrected chi connectivity index (χ0v) is 36.5. The normalized spacial score (nSPS) is 13.5. The van der Waals surface area contributed by atoms with E-state index in [9.17, 15) is 19.5 Å². The molecule has 0 aromatic heterocycles. The lowest BCUT2D eigenvalue weighted by atomic mass is 10.1. The van der Waals surface area contributed by atoms with Gasteiger partial charge in [0, 0.05) is 19.3 Å². The molecule has 0 saturated carbocycles. The number of likely N-dealkylation sites (N-methyl/N-ethyl adjacent to an activating group) is 1. The van der Waals surface area contributed by atoms with Gasteiger partial charge in [-0.25, -0.2) is 0 Å². The molecule has 0 bridgehead atoms. The van der Waals surface area contributed by atoms with Gasteiger partial charge in [-0.15, -0.1) is 0 Å². The number of hydrogen-bond donors (Lipinski definition) is 0. The number of aliphatic carboxylic acids is 1. The number of carboxylic acid groups (broad SMARTS) is 1. The fourth-order valence-electron chi connectivity index (χ4n) is 6.17. The number of carbonyl (C=O) groups excluding carboxylic acids is 3. The van der Waals surface area contributed by atoms with Crippen molar-refractivity contribution < 1.29 is 38.2 Å². The van der Waals surface area contributed by atoms with Crippen molar-refractivity contribution in [2.45, 2.75) is 187 Å². The van der Waals surface area contributed by atoms with Crippen LogP contribution >= 0.6 is 0 Å². The second kappa shape index (κ2) is 38.9. The first-order chi connectivity index (χ1) is 27.1. The van der Waals surface area contributed by atoms with Gasteiger partial charge in [0.05, 0.1) is 40.3 Å². The number of quaternary nitrogens is 1. The molecule has 0 N–H and O–H groups in total. The summed E-state index contributed by atoms with van der Waals surface area (Å²) in [5.74, 6) is -1.78. The van der Waals surface area contributed by atoms with Crippen molar-refractivity contribution in [1.29, 1.82) is 0 Å². The van der Waals surface area contributed by atoms with Crippen molar-refractivity contribution in [2.75, 3.05) is 41.0 Å². The number of esters is 2. The number of carbonyl (C=O) groups is 3. The highest BCUT2D eigenvalue weighted by molar-refractivity contribution is 5.70. The van der Waals surface area contributed by atoms with E-state index >= 15 is 0 Å². The predicted molar refractivity (Wildman–Crippen MR) is 231 cm³/mol. The monoisotopic (exact) mass is 786 g/mol. The molecular weight excluding hydrogens is 703 g/mol. The summed E-state index contributed by atoms with van der Waals surface area (Å²) in [6.07, 6.45) is 46.7. The number of unbranched alkanes of at least 4 members (excludes halogenated alkanes) is 15. The smallest absolute Gasteiger partial charge is 0.306 e. The third-order valence-corrected chi connectivity index (χ3v) is 9.64. The molecule has 2 atom stereocenters. The molecule has 56 heavy (non-hydrogen) atoms. The number of nitrogens with zero attached hydrogens (tertiary/aromatic N) is 1. The number of rotatable bonds is 39. The van der Waals surface area contributed by atoms with Crippen molar-refractivity contribution in [2.24, 2.45) is 0 Å². The Kier molecular flexibility index (Phi) is 36.8.